The summed E-state index contributed by atoms with van der Waals surface area (Å²) in [5, 5.41) is 3.03. The number of hydrogen-bond acceptors (Lipinski definition) is 4. The number of hydrogen-bond donors (Lipinski definition) is 2. The Morgan fingerprint density at radius 2 is 2.09 bits per heavy atom. The molecule has 1 saturated heterocycles. The van der Waals surface area contributed by atoms with Crippen LogP contribution in [0.15, 0.2) is 0 Å². The normalized spacial score (nSPS) is 21.5. The van der Waals surface area contributed by atoms with Crippen LogP contribution in [-0.4, -0.2) is 57.2 Å². The van der Waals surface area contributed by atoms with Crippen molar-refractivity contribution in [2.45, 2.75) is 64.5 Å². The molecule has 1 heterocycles. The summed E-state index contributed by atoms with van der Waals surface area (Å²) >= 11 is 0. The lowest BCUT2D eigenvalue weighted by Gasteiger charge is -2.32. The predicted octanol–water partition coefficient (Wildman–Crippen LogP) is 1.09. The Labute approximate surface area is 135 Å². The highest BCUT2D eigenvalue weighted by Gasteiger charge is 2.23. The molecular weight excluding hydrogens is 302 g/mol. The molecule has 1 rings (SSSR count). The van der Waals surface area contributed by atoms with E-state index < -0.39 is 10.0 Å². The molecule has 0 spiro atoms. The van der Waals surface area contributed by atoms with Crippen molar-refractivity contribution >= 4 is 15.9 Å². The number of amides is 1. The summed E-state index contributed by atoms with van der Waals surface area (Å²) in [7, 11) is -3.18. The largest absolute Gasteiger partial charge is 0.353 e. The molecule has 7 heteroatoms. The second kappa shape index (κ2) is 9.47. The molecular formula is C15H31N3O3S. The summed E-state index contributed by atoms with van der Waals surface area (Å²) < 4.78 is 25.2. The van der Waals surface area contributed by atoms with E-state index in [1.165, 1.54) is 19.1 Å². The van der Waals surface area contributed by atoms with Crippen LogP contribution in [0.25, 0.3) is 0 Å². The summed E-state index contributed by atoms with van der Waals surface area (Å²) in [6.45, 7) is 6.00. The highest BCUT2D eigenvalue weighted by atomic mass is 32.2. The van der Waals surface area contributed by atoms with E-state index >= 15 is 0 Å². The summed E-state index contributed by atoms with van der Waals surface area (Å²) in [5.74, 6) is 0.0315. The fraction of sp³-hybridized carbons (Fsp3) is 0.933. The Morgan fingerprint density at radius 1 is 1.36 bits per heavy atom. The van der Waals surface area contributed by atoms with Crippen LogP contribution in [0.1, 0.15) is 52.4 Å². The van der Waals surface area contributed by atoms with Crippen LogP contribution >= 0.6 is 0 Å². The van der Waals surface area contributed by atoms with Gasteiger partial charge in [0.05, 0.1) is 12.8 Å². The van der Waals surface area contributed by atoms with Crippen molar-refractivity contribution in [2.24, 2.45) is 0 Å². The van der Waals surface area contributed by atoms with Crippen molar-refractivity contribution in [2.75, 3.05) is 25.9 Å². The number of nitrogens with one attached hydrogen (secondary N) is 2. The van der Waals surface area contributed by atoms with Gasteiger partial charge in [0.2, 0.25) is 15.9 Å². The maximum atomic E-state index is 12.1. The van der Waals surface area contributed by atoms with Gasteiger partial charge in [0.25, 0.3) is 0 Å². The minimum atomic E-state index is -3.18. The highest BCUT2D eigenvalue weighted by Crippen LogP contribution is 2.10. The third kappa shape index (κ3) is 8.70. The van der Waals surface area contributed by atoms with Gasteiger partial charge in [-0.25, -0.2) is 13.1 Å². The number of rotatable bonds is 9. The van der Waals surface area contributed by atoms with Crippen molar-refractivity contribution in [1.29, 1.82) is 0 Å². The maximum absolute atomic E-state index is 12.1. The lowest BCUT2D eigenvalue weighted by Crippen LogP contribution is -2.50. The third-order valence-corrected chi connectivity index (χ3v) is 4.66. The summed E-state index contributed by atoms with van der Waals surface area (Å²) in [6, 6.07) is 0.118. The molecule has 0 aromatic rings. The topological polar surface area (TPSA) is 78.5 Å². The van der Waals surface area contributed by atoms with Crippen molar-refractivity contribution in [1.82, 2.24) is 14.9 Å². The molecule has 1 aliphatic heterocycles. The van der Waals surface area contributed by atoms with Crippen LogP contribution in [0.3, 0.4) is 0 Å². The molecule has 0 aromatic carbocycles. The zero-order valence-electron chi connectivity index (χ0n) is 14.1. The van der Waals surface area contributed by atoms with Gasteiger partial charge in [0, 0.05) is 18.6 Å². The summed E-state index contributed by atoms with van der Waals surface area (Å²) in [4.78, 5) is 14.1. The first-order valence-corrected chi connectivity index (χ1v) is 10.2. The lowest BCUT2D eigenvalue weighted by molar-refractivity contribution is -0.123. The molecule has 0 aromatic heterocycles. The molecule has 1 fully saturated rings. The van der Waals surface area contributed by atoms with E-state index in [1.807, 2.05) is 11.8 Å². The smallest absolute Gasteiger partial charge is 0.234 e. The molecule has 2 unspecified atom stereocenters. The Hall–Kier alpha value is -0.660. The van der Waals surface area contributed by atoms with Gasteiger partial charge in [-0.15, -0.1) is 0 Å². The Morgan fingerprint density at radius 3 is 2.73 bits per heavy atom. The molecule has 0 aliphatic carbocycles. The van der Waals surface area contributed by atoms with Crippen molar-refractivity contribution in [3.8, 4) is 0 Å². The highest BCUT2D eigenvalue weighted by molar-refractivity contribution is 7.88. The van der Waals surface area contributed by atoms with Gasteiger partial charge in [0.1, 0.15) is 0 Å². The van der Waals surface area contributed by atoms with Gasteiger partial charge >= 0.3 is 0 Å². The second-order valence-corrected chi connectivity index (χ2v) is 8.21. The Kier molecular flexibility index (Phi) is 8.35. The number of sulfonamides is 1. The van der Waals surface area contributed by atoms with Crippen LogP contribution in [0.2, 0.25) is 0 Å². The molecule has 0 saturated carbocycles. The minimum Gasteiger partial charge on any atom is -0.353 e. The quantitative estimate of drug-likeness (QED) is 0.619. The van der Waals surface area contributed by atoms with E-state index in [0.29, 0.717) is 13.1 Å². The number of carbonyl (C=O) groups excluding carboxylic acids is 1. The number of unbranched alkanes of at least 4 members (excludes halogenated alkanes) is 2. The molecule has 2 N–H and O–H groups in total. The van der Waals surface area contributed by atoms with Crippen LogP contribution in [-0.2, 0) is 14.8 Å². The molecule has 22 heavy (non-hydrogen) atoms. The van der Waals surface area contributed by atoms with E-state index in [1.54, 1.807) is 0 Å². The first-order valence-electron chi connectivity index (χ1n) is 8.29. The van der Waals surface area contributed by atoms with Gasteiger partial charge in [-0.1, -0.05) is 26.2 Å². The zero-order chi connectivity index (χ0) is 16.6. The second-order valence-electron chi connectivity index (χ2n) is 6.43. The van der Waals surface area contributed by atoms with Gasteiger partial charge in [-0.2, -0.15) is 0 Å². The SMILES string of the molecule is CCCCCC(C)NC(=O)CN1CCCC(NS(C)(=O)=O)C1. The van der Waals surface area contributed by atoms with Crippen molar-refractivity contribution < 1.29 is 13.2 Å². The maximum Gasteiger partial charge on any atom is 0.234 e. The zero-order valence-corrected chi connectivity index (χ0v) is 14.9. The predicted molar refractivity (Wildman–Crippen MR) is 89.2 cm³/mol. The first kappa shape index (κ1) is 19.4. The van der Waals surface area contributed by atoms with E-state index in [-0.39, 0.29) is 18.0 Å². The van der Waals surface area contributed by atoms with E-state index in [4.69, 9.17) is 0 Å². The number of piperidine rings is 1. The molecule has 1 amide bonds. The van der Waals surface area contributed by atoms with Gasteiger partial charge < -0.3 is 5.32 Å². The third-order valence-electron chi connectivity index (χ3n) is 3.90. The summed E-state index contributed by atoms with van der Waals surface area (Å²) in [5.41, 5.74) is 0. The fourth-order valence-corrected chi connectivity index (χ4v) is 3.69. The molecule has 1 aliphatic rings. The van der Waals surface area contributed by atoms with Crippen LogP contribution in [0.4, 0.5) is 0 Å². The number of nitrogens with zero attached hydrogens (tertiary/aromatic N) is 1. The molecule has 0 radical (unpaired) electrons. The van der Waals surface area contributed by atoms with E-state index in [2.05, 4.69) is 17.0 Å². The molecule has 0 bridgehead atoms. The number of carbonyl (C=O) groups is 1. The first-order chi connectivity index (χ1) is 10.3. The van der Waals surface area contributed by atoms with Crippen LogP contribution in [0, 0.1) is 0 Å². The van der Waals surface area contributed by atoms with Gasteiger partial charge in [-0.05, 0) is 32.7 Å². The fourth-order valence-electron chi connectivity index (χ4n) is 2.89. The van der Waals surface area contributed by atoms with Gasteiger partial charge in [-0.3, -0.25) is 9.69 Å². The Balaban J connectivity index is 2.31. The average Bonchev–Trinajstić information content (AvgIpc) is 2.37. The standard InChI is InChI=1S/C15H31N3O3S/c1-4-5-6-8-13(2)16-15(19)12-18-10-7-9-14(11-18)17-22(3,20)21/h13-14,17H,4-12H2,1-3H3,(H,16,19). The van der Waals surface area contributed by atoms with Crippen LogP contribution < -0.4 is 10.0 Å². The van der Waals surface area contributed by atoms with E-state index in [0.717, 1.165) is 32.2 Å². The Bertz CT molecular complexity index is 439. The molecule has 130 valence electrons. The van der Waals surface area contributed by atoms with Crippen molar-refractivity contribution in [3.05, 3.63) is 0 Å². The van der Waals surface area contributed by atoms with Crippen LogP contribution in [0.5, 0.6) is 0 Å². The van der Waals surface area contributed by atoms with Gasteiger partial charge in [0.15, 0.2) is 0 Å². The van der Waals surface area contributed by atoms with E-state index in [9.17, 15) is 13.2 Å². The minimum absolute atomic E-state index is 0.0315. The molecule has 6 nitrogen and oxygen atoms in total. The number of likely N-dealkylation sites (tertiary alicyclic amines) is 1. The average molecular weight is 333 g/mol. The summed E-state index contributed by atoms with van der Waals surface area (Å²) in [6.07, 6.45) is 7.45. The monoisotopic (exact) mass is 333 g/mol. The molecule has 2 atom stereocenters. The lowest BCUT2D eigenvalue weighted by atomic mass is 10.1. The van der Waals surface area contributed by atoms with Crippen molar-refractivity contribution in [3.63, 3.8) is 0 Å².